The summed E-state index contributed by atoms with van der Waals surface area (Å²) in [7, 11) is -3.15. The third-order valence-electron chi connectivity index (χ3n) is 1.82. The molecule has 10 nitrogen and oxygen atoms in total. The molecule has 0 fully saturated rings. The lowest BCUT2D eigenvalue weighted by Crippen LogP contribution is -2.25. The van der Waals surface area contributed by atoms with E-state index in [0.29, 0.717) is 0 Å². The number of carbonyl (C=O) groups is 2. The molecule has 21 heavy (non-hydrogen) atoms. The second-order valence-corrected chi connectivity index (χ2v) is 4.94. The minimum atomic E-state index is -4.39. The Hall–Kier alpha value is -1.29. The van der Waals surface area contributed by atoms with Crippen molar-refractivity contribution in [3.63, 3.8) is 0 Å². The van der Waals surface area contributed by atoms with Crippen molar-refractivity contribution < 1.29 is 43.2 Å². The van der Waals surface area contributed by atoms with E-state index in [4.69, 9.17) is 24.2 Å². The maximum atomic E-state index is 10.9. The standard InChI is InChI=1S/C10H18NO9P/c1-8(9(12)17-2)7-19-4-3-18-5-6-20-10(13)11-21(14,15)16/h14-16H,1,3-7H2,2H3/p+1. The molecule has 0 aliphatic heterocycles. The van der Waals surface area contributed by atoms with E-state index in [0.717, 1.165) is 0 Å². The second kappa shape index (κ2) is 10.4. The summed E-state index contributed by atoms with van der Waals surface area (Å²) in [6, 6.07) is 0. The summed E-state index contributed by atoms with van der Waals surface area (Å²) in [5.41, 5.74) is 0.182. The minimum Gasteiger partial charge on any atom is -0.466 e. The monoisotopic (exact) mass is 328 g/mol. The Morgan fingerprint density at radius 2 is 1.67 bits per heavy atom. The summed E-state index contributed by atoms with van der Waals surface area (Å²) in [6.45, 7) is 3.75. The van der Waals surface area contributed by atoms with Crippen LogP contribution in [0.4, 0.5) is 4.79 Å². The third-order valence-corrected chi connectivity index (χ3v) is 2.31. The van der Waals surface area contributed by atoms with Crippen LogP contribution in [0, 0.1) is 0 Å². The number of hydrogen-bond donors (Lipinski definition) is 4. The van der Waals surface area contributed by atoms with Crippen LogP contribution in [-0.4, -0.2) is 66.9 Å². The number of nitrogens with one attached hydrogen (secondary N) is 1. The van der Waals surface area contributed by atoms with E-state index in [-0.39, 0.29) is 38.6 Å². The van der Waals surface area contributed by atoms with Crippen molar-refractivity contribution >= 4 is 20.2 Å². The van der Waals surface area contributed by atoms with E-state index in [1.807, 2.05) is 0 Å². The van der Waals surface area contributed by atoms with Crippen LogP contribution in [0.1, 0.15) is 0 Å². The molecular formula is C10H19NO9P+. The van der Waals surface area contributed by atoms with Gasteiger partial charge in [0.05, 0.1) is 39.1 Å². The van der Waals surface area contributed by atoms with Gasteiger partial charge in [-0.2, -0.15) is 14.7 Å². The van der Waals surface area contributed by atoms with Crippen LogP contribution >= 0.6 is 8.09 Å². The van der Waals surface area contributed by atoms with Crippen molar-refractivity contribution in [2.75, 3.05) is 40.1 Å². The minimum absolute atomic E-state index is 0.0181. The summed E-state index contributed by atoms with van der Waals surface area (Å²) < 4.78 is 19.0. The lowest BCUT2D eigenvalue weighted by Gasteiger charge is -2.08. The molecule has 0 aliphatic rings. The fraction of sp³-hybridized carbons (Fsp3) is 0.600. The van der Waals surface area contributed by atoms with Gasteiger partial charge in [0.1, 0.15) is 6.61 Å². The van der Waals surface area contributed by atoms with Gasteiger partial charge >= 0.3 is 20.2 Å². The summed E-state index contributed by atoms with van der Waals surface area (Å²) in [4.78, 5) is 47.3. The zero-order valence-electron chi connectivity index (χ0n) is 11.5. The van der Waals surface area contributed by atoms with Gasteiger partial charge in [0.15, 0.2) is 0 Å². The van der Waals surface area contributed by atoms with Crippen LogP contribution in [0.3, 0.4) is 0 Å². The molecule has 0 spiro atoms. The van der Waals surface area contributed by atoms with Crippen LogP contribution in [0.5, 0.6) is 0 Å². The van der Waals surface area contributed by atoms with Gasteiger partial charge in [-0.25, -0.2) is 9.59 Å². The van der Waals surface area contributed by atoms with E-state index in [1.54, 1.807) is 0 Å². The quantitative estimate of drug-likeness (QED) is 0.174. The lowest BCUT2D eigenvalue weighted by molar-refractivity contribution is -0.136. The maximum absolute atomic E-state index is 10.9. The van der Waals surface area contributed by atoms with Gasteiger partial charge in [0, 0.05) is 0 Å². The first-order valence-corrected chi connectivity index (χ1v) is 7.35. The van der Waals surface area contributed by atoms with Crippen molar-refractivity contribution in [3.8, 4) is 0 Å². The molecule has 0 aromatic heterocycles. The fourth-order valence-corrected chi connectivity index (χ4v) is 1.28. The molecule has 0 atom stereocenters. The van der Waals surface area contributed by atoms with Gasteiger partial charge in [-0.3, -0.25) is 0 Å². The van der Waals surface area contributed by atoms with E-state index in [1.165, 1.54) is 12.2 Å². The van der Waals surface area contributed by atoms with E-state index >= 15 is 0 Å². The molecule has 1 amide bonds. The second-order valence-electron chi connectivity index (χ2n) is 3.58. The largest absolute Gasteiger partial charge is 0.526 e. The van der Waals surface area contributed by atoms with Gasteiger partial charge in [-0.1, -0.05) is 6.58 Å². The van der Waals surface area contributed by atoms with Crippen LogP contribution in [0.2, 0.25) is 0 Å². The number of rotatable bonds is 10. The molecule has 0 aromatic rings. The van der Waals surface area contributed by atoms with E-state index in [9.17, 15) is 9.59 Å². The van der Waals surface area contributed by atoms with Gasteiger partial charge in [0.2, 0.25) is 0 Å². The number of amides is 1. The molecular weight excluding hydrogens is 309 g/mol. The summed E-state index contributed by atoms with van der Waals surface area (Å²) >= 11 is 0. The molecule has 0 saturated carbocycles. The summed E-state index contributed by atoms with van der Waals surface area (Å²) in [5, 5.41) is 1.44. The Balaban J connectivity index is 3.43. The first-order valence-electron chi connectivity index (χ1n) is 5.70. The number of ether oxygens (including phenoxy) is 4. The van der Waals surface area contributed by atoms with Gasteiger partial charge in [0.25, 0.3) is 0 Å². The predicted octanol–water partition coefficient (Wildman–Crippen LogP) is -0.870. The Bertz CT molecular complexity index is 355. The molecule has 4 N–H and O–H groups in total. The molecule has 0 heterocycles. The van der Waals surface area contributed by atoms with Crippen molar-refractivity contribution in [2.24, 2.45) is 0 Å². The molecule has 0 rings (SSSR count). The number of hydrogen-bond acceptors (Lipinski definition) is 9. The molecule has 0 radical (unpaired) electrons. The molecule has 0 bridgehead atoms. The number of carbonyl (C=O) groups excluding carboxylic acids is 2. The SMILES string of the molecule is C=C(COCCOCCOC(=O)N[P+](O)(O)O)C(=O)OC. The highest BCUT2D eigenvalue weighted by molar-refractivity contribution is 7.57. The van der Waals surface area contributed by atoms with E-state index in [2.05, 4.69) is 16.1 Å². The molecule has 11 heteroatoms. The topological polar surface area (TPSA) is 144 Å². The lowest BCUT2D eigenvalue weighted by atomic mass is 10.3. The highest BCUT2D eigenvalue weighted by atomic mass is 31.2. The molecule has 0 unspecified atom stereocenters. The first-order chi connectivity index (χ1) is 9.76. The number of methoxy groups -OCH3 is 1. The smallest absolute Gasteiger partial charge is 0.466 e. The fourth-order valence-electron chi connectivity index (χ4n) is 0.967. The highest BCUT2D eigenvalue weighted by Gasteiger charge is 2.34. The Labute approximate surface area is 121 Å². The predicted molar refractivity (Wildman–Crippen MR) is 70.9 cm³/mol. The highest BCUT2D eigenvalue weighted by Crippen LogP contribution is 2.38. The average molecular weight is 328 g/mol. The zero-order chi connectivity index (χ0) is 16.3. The molecule has 0 aromatic carbocycles. The van der Waals surface area contributed by atoms with Gasteiger partial charge in [-0.05, 0) is 0 Å². The third kappa shape index (κ3) is 12.2. The molecule has 0 saturated heterocycles. The number of esters is 1. The van der Waals surface area contributed by atoms with Crippen LogP contribution in [0.15, 0.2) is 12.2 Å². The van der Waals surface area contributed by atoms with Gasteiger partial charge in [-0.15, -0.1) is 5.09 Å². The van der Waals surface area contributed by atoms with Crippen molar-refractivity contribution in [1.82, 2.24) is 5.09 Å². The van der Waals surface area contributed by atoms with Crippen LogP contribution in [0.25, 0.3) is 0 Å². The Kier molecular flexibility index (Phi) is 9.80. The summed E-state index contributed by atoms with van der Waals surface area (Å²) in [5.74, 6) is -0.550. The van der Waals surface area contributed by atoms with Crippen molar-refractivity contribution in [2.45, 2.75) is 0 Å². The Morgan fingerprint density at radius 3 is 2.24 bits per heavy atom. The van der Waals surface area contributed by atoms with Crippen molar-refractivity contribution in [3.05, 3.63) is 12.2 Å². The van der Waals surface area contributed by atoms with E-state index < -0.39 is 20.2 Å². The van der Waals surface area contributed by atoms with Gasteiger partial charge < -0.3 is 18.9 Å². The normalized spacial score (nSPS) is 10.9. The zero-order valence-corrected chi connectivity index (χ0v) is 12.4. The molecule has 0 aliphatic carbocycles. The first kappa shape index (κ1) is 19.7. The Morgan fingerprint density at radius 1 is 1.10 bits per heavy atom. The maximum Gasteiger partial charge on any atom is 0.526 e. The van der Waals surface area contributed by atoms with Crippen LogP contribution in [-0.2, 0) is 23.7 Å². The van der Waals surface area contributed by atoms with Crippen LogP contribution < -0.4 is 5.09 Å². The molecule has 122 valence electrons. The van der Waals surface area contributed by atoms with Crippen molar-refractivity contribution in [1.29, 1.82) is 0 Å². The average Bonchev–Trinajstić information content (AvgIpc) is 2.38. The summed E-state index contributed by atoms with van der Waals surface area (Å²) in [6.07, 6.45) is -1.18.